The molecule has 0 radical (unpaired) electrons. The lowest BCUT2D eigenvalue weighted by molar-refractivity contribution is 0.706. The predicted molar refractivity (Wildman–Crippen MR) is 81.1 cm³/mol. The molecule has 1 aliphatic rings. The van der Waals surface area contributed by atoms with Crippen molar-refractivity contribution in [3.63, 3.8) is 0 Å². The van der Waals surface area contributed by atoms with Crippen LogP contribution in [0.3, 0.4) is 0 Å². The standard InChI is InChI=1S/C15H14BrN.ClH/c16-13-8-6-11(7-9-13)14-10-15(14,17)12-4-2-1-3-5-12;/h1-9,14H,10,17H2;1H/t14-,15+;/m1./s1. The van der Waals surface area contributed by atoms with Crippen LogP contribution in [0.2, 0.25) is 0 Å². The minimum Gasteiger partial charge on any atom is -0.321 e. The molecule has 0 unspecified atom stereocenters. The van der Waals surface area contributed by atoms with Crippen molar-refractivity contribution in [1.82, 2.24) is 0 Å². The third kappa shape index (κ3) is 2.33. The SMILES string of the molecule is Cl.N[C@]1(c2ccccc2)C[C@@H]1c1ccc(Br)cc1. The molecule has 0 aliphatic heterocycles. The Bertz CT molecular complexity index is 526. The lowest BCUT2D eigenvalue weighted by Gasteiger charge is -2.12. The minimum atomic E-state index is -0.158. The topological polar surface area (TPSA) is 26.0 Å². The second-order valence-corrected chi connectivity index (χ2v) is 5.63. The summed E-state index contributed by atoms with van der Waals surface area (Å²) in [6.45, 7) is 0. The number of halogens is 2. The van der Waals surface area contributed by atoms with Gasteiger partial charge in [-0.15, -0.1) is 12.4 Å². The van der Waals surface area contributed by atoms with E-state index in [9.17, 15) is 0 Å². The first kappa shape index (κ1) is 13.6. The smallest absolute Gasteiger partial charge is 0.0486 e. The lowest BCUT2D eigenvalue weighted by atomic mass is 10.00. The number of rotatable bonds is 2. The van der Waals surface area contributed by atoms with Gasteiger partial charge in [-0.3, -0.25) is 0 Å². The Balaban J connectivity index is 0.00000120. The van der Waals surface area contributed by atoms with Gasteiger partial charge >= 0.3 is 0 Å². The molecular weight excluding hydrogens is 310 g/mol. The first-order valence-electron chi connectivity index (χ1n) is 5.80. The number of nitrogens with two attached hydrogens (primary N) is 1. The summed E-state index contributed by atoms with van der Waals surface area (Å²) in [6, 6.07) is 18.9. The van der Waals surface area contributed by atoms with E-state index in [1.807, 2.05) is 6.07 Å². The van der Waals surface area contributed by atoms with Crippen molar-refractivity contribution in [3.8, 4) is 0 Å². The van der Waals surface area contributed by atoms with Crippen molar-refractivity contribution in [3.05, 3.63) is 70.2 Å². The number of hydrogen-bond acceptors (Lipinski definition) is 1. The molecule has 3 rings (SSSR count). The van der Waals surface area contributed by atoms with Crippen LogP contribution < -0.4 is 5.73 Å². The highest BCUT2D eigenvalue weighted by molar-refractivity contribution is 9.10. The fourth-order valence-corrected chi connectivity index (χ4v) is 2.72. The molecule has 2 aromatic carbocycles. The molecule has 0 bridgehead atoms. The predicted octanol–water partition coefficient (Wildman–Crippen LogP) is 4.21. The average molecular weight is 325 g/mol. The molecule has 2 atom stereocenters. The van der Waals surface area contributed by atoms with E-state index < -0.39 is 0 Å². The molecule has 0 aromatic heterocycles. The Morgan fingerprint density at radius 2 is 1.61 bits per heavy atom. The van der Waals surface area contributed by atoms with Crippen LogP contribution in [0.5, 0.6) is 0 Å². The molecule has 94 valence electrons. The van der Waals surface area contributed by atoms with Gasteiger partial charge in [-0.1, -0.05) is 58.4 Å². The van der Waals surface area contributed by atoms with Gasteiger partial charge < -0.3 is 5.73 Å². The highest BCUT2D eigenvalue weighted by Gasteiger charge is 2.52. The van der Waals surface area contributed by atoms with E-state index in [1.165, 1.54) is 11.1 Å². The summed E-state index contributed by atoms with van der Waals surface area (Å²) in [5.41, 5.74) is 8.89. The van der Waals surface area contributed by atoms with E-state index in [0.29, 0.717) is 5.92 Å². The number of benzene rings is 2. The molecule has 2 N–H and O–H groups in total. The molecule has 0 heterocycles. The van der Waals surface area contributed by atoms with Crippen molar-refractivity contribution in [1.29, 1.82) is 0 Å². The lowest BCUT2D eigenvalue weighted by Crippen LogP contribution is -2.21. The zero-order valence-corrected chi connectivity index (χ0v) is 12.2. The molecule has 1 nitrogen and oxygen atoms in total. The molecule has 0 amide bonds. The second-order valence-electron chi connectivity index (χ2n) is 4.71. The second kappa shape index (κ2) is 5.04. The maximum atomic E-state index is 6.47. The Kier molecular flexibility index (Phi) is 3.81. The largest absolute Gasteiger partial charge is 0.321 e. The van der Waals surface area contributed by atoms with E-state index in [0.717, 1.165) is 10.9 Å². The molecule has 0 saturated heterocycles. The van der Waals surface area contributed by atoms with Crippen LogP contribution in [0.1, 0.15) is 23.5 Å². The Morgan fingerprint density at radius 3 is 2.22 bits per heavy atom. The molecule has 2 aromatic rings. The zero-order valence-electron chi connectivity index (χ0n) is 9.84. The molecular formula is C15H15BrClN. The third-order valence-corrected chi connectivity index (χ3v) is 4.12. The Labute approximate surface area is 122 Å². The van der Waals surface area contributed by atoms with Crippen LogP contribution in [-0.4, -0.2) is 0 Å². The van der Waals surface area contributed by atoms with Gasteiger partial charge in [0.15, 0.2) is 0 Å². The molecule has 0 spiro atoms. The molecule has 1 saturated carbocycles. The van der Waals surface area contributed by atoms with Crippen LogP contribution in [-0.2, 0) is 5.54 Å². The highest BCUT2D eigenvalue weighted by Crippen LogP contribution is 2.56. The van der Waals surface area contributed by atoms with Crippen LogP contribution in [0, 0.1) is 0 Å². The van der Waals surface area contributed by atoms with Gasteiger partial charge in [0.1, 0.15) is 0 Å². The highest BCUT2D eigenvalue weighted by atomic mass is 79.9. The Hall–Kier alpha value is -0.830. The molecule has 3 heteroatoms. The summed E-state index contributed by atoms with van der Waals surface area (Å²) in [6.07, 6.45) is 1.04. The maximum absolute atomic E-state index is 6.47. The van der Waals surface area contributed by atoms with Gasteiger partial charge in [0.05, 0.1) is 0 Å². The monoisotopic (exact) mass is 323 g/mol. The zero-order chi connectivity index (χ0) is 11.9. The average Bonchev–Trinajstić information content (AvgIpc) is 3.05. The summed E-state index contributed by atoms with van der Waals surface area (Å²) >= 11 is 3.46. The van der Waals surface area contributed by atoms with E-state index in [4.69, 9.17) is 5.73 Å². The van der Waals surface area contributed by atoms with Crippen molar-refractivity contribution in [2.75, 3.05) is 0 Å². The van der Waals surface area contributed by atoms with Gasteiger partial charge in [-0.2, -0.15) is 0 Å². The first-order chi connectivity index (χ1) is 8.20. The van der Waals surface area contributed by atoms with Gasteiger partial charge in [0.2, 0.25) is 0 Å². The van der Waals surface area contributed by atoms with Crippen LogP contribution in [0.4, 0.5) is 0 Å². The van der Waals surface area contributed by atoms with Crippen molar-refractivity contribution < 1.29 is 0 Å². The van der Waals surface area contributed by atoms with Gasteiger partial charge in [-0.25, -0.2) is 0 Å². The summed E-state index contributed by atoms with van der Waals surface area (Å²) in [5, 5.41) is 0. The molecule has 1 aliphatic carbocycles. The third-order valence-electron chi connectivity index (χ3n) is 3.59. The normalized spacial score (nSPS) is 25.3. The van der Waals surface area contributed by atoms with Crippen LogP contribution >= 0.6 is 28.3 Å². The quantitative estimate of drug-likeness (QED) is 0.879. The molecule has 18 heavy (non-hydrogen) atoms. The van der Waals surface area contributed by atoms with Gasteiger partial charge in [0.25, 0.3) is 0 Å². The van der Waals surface area contributed by atoms with Crippen LogP contribution in [0.25, 0.3) is 0 Å². The fourth-order valence-electron chi connectivity index (χ4n) is 2.46. The summed E-state index contributed by atoms with van der Waals surface area (Å²) < 4.78 is 1.12. The van der Waals surface area contributed by atoms with E-state index in [2.05, 4.69) is 64.5 Å². The van der Waals surface area contributed by atoms with E-state index >= 15 is 0 Å². The fraction of sp³-hybridized carbons (Fsp3) is 0.200. The summed E-state index contributed by atoms with van der Waals surface area (Å²) in [7, 11) is 0. The Morgan fingerprint density at radius 1 is 1.00 bits per heavy atom. The van der Waals surface area contributed by atoms with Gasteiger partial charge in [-0.05, 0) is 29.7 Å². The minimum absolute atomic E-state index is 0. The van der Waals surface area contributed by atoms with Crippen molar-refractivity contribution in [2.24, 2.45) is 5.73 Å². The molecule has 1 fully saturated rings. The van der Waals surface area contributed by atoms with E-state index in [1.54, 1.807) is 0 Å². The summed E-state index contributed by atoms with van der Waals surface area (Å²) in [5.74, 6) is 0.456. The van der Waals surface area contributed by atoms with Crippen LogP contribution in [0.15, 0.2) is 59.1 Å². The number of hydrogen-bond donors (Lipinski definition) is 1. The first-order valence-corrected chi connectivity index (χ1v) is 6.59. The summed E-state index contributed by atoms with van der Waals surface area (Å²) in [4.78, 5) is 0. The van der Waals surface area contributed by atoms with Crippen molar-refractivity contribution >= 4 is 28.3 Å². The van der Waals surface area contributed by atoms with E-state index in [-0.39, 0.29) is 17.9 Å². The maximum Gasteiger partial charge on any atom is 0.0486 e. The van der Waals surface area contributed by atoms with Gasteiger partial charge in [0, 0.05) is 15.9 Å². The van der Waals surface area contributed by atoms with Crippen molar-refractivity contribution in [2.45, 2.75) is 17.9 Å².